The van der Waals surface area contributed by atoms with Gasteiger partial charge in [-0.1, -0.05) is 30.3 Å². The summed E-state index contributed by atoms with van der Waals surface area (Å²) in [5, 5.41) is 10.1. The minimum absolute atomic E-state index is 0.0420. The van der Waals surface area contributed by atoms with Crippen molar-refractivity contribution in [2.45, 2.75) is 19.3 Å². The van der Waals surface area contributed by atoms with E-state index in [2.05, 4.69) is 35.2 Å². The molecule has 1 aromatic rings. The van der Waals surface area contributed by atoms with Crippen LogP contribution in [0.5, 0.6) is 0 Å². The van der Waals surface area contributed by atoms with Crippen LogP contribution in [-0.2, 0) is 16.0 Å². The molecule has 3 rings (SSSR count). The molecule has 25 heavy (non-hydrogen) atoms. The number of amides is 1. The summed E-state index contributed by atoms with van der Waals surface area (Å²) in [5.41, 5.74) is 1.22. The molecule has 0 spiro atoms. The van der Waals surface area contributed by atoms with E-state index in [0.29, 0.717) is 12.5 Å². The molecule has 2 aliphatic rings. The number of aliphatic hydroxyl groups is 1. The third-order valence-electron chi connectivity index (χ3n) is 5.86. The Hall–Kier alpha value is -1.43. The molecule has 0 bridgehead atoms. The molecular weight excluding hydrogens is 316 g/mol. The Morgan fingerprint density at radius 1 is 1.32 bits per heavy atom. The van der Waals surface area contributed by atoms with Gasteiger partial charge in [0.05, 0.1) is 6.61 Å². The van der Waals surface area contributed by atoms with Crippen LogP contribution in [0.15, 0.2) is 30.3 Å². The summed E-state index contributed by atoms with van der Waals surface area (Å²) in [7, 11) is 1.55. The van der Waals surface area contributed by atoms with Crippen molar-refractivity contribution in [3.63, 3.8) is 0 Å². The Balaban J connectivity index is 1.54. The predicted molar refractivity (Wildman–Crippen MR) is 97.3 cm³/mol. The van der Waals surface area contributed by atoms with E-state index in [1.807, 2.05) is 4.90 Å². The molecule has 0 saturated carbocycles. The van der Waals surface area contributed by atoms with Crippen molar-refractivity contribution >= 4 is 5.91 Å². The highest BCUT2D eigenvalue weighted by Crippen LogP contribution is 2.41. The molecule has 138 valence electrons. The molecule has 0 aliphatic carbocycles. The van der Waals surface area contributed by atoms with Gasteiger partial charge < -0.3 is 19.6 Å². The van der Waals surface area contributed by atoms with Crippen LogP contribution in [0.2, 0.25) is 0 Å². The van der Waals surface area contributed by atoms with Crippen molar-refractivity contribution in [2.75, 3.05) is 53.0 Å². The molecule has 0 unspecified atom stereocenters. The van der Waals surface area contributed by atoms with Gasteiger partial charge in [-0.3, -0.25) is 4.79 Å². The summed E-state index contributed by atoms with van der Waals surface area (Å²) in [6.45, 7) is 4.72. The predicted octanol–water partition coefficient (Wildman–Crippen LogP) is 1.41. The van der Waals surface area contributed by atoms with Gasteiger partial charge in [0, 0.05) is 32.2 Å². The minimum atomic E-state index is -0.158. The largest absolute Gasteiger partial charge is 0.396 e. The first-order valence-electron chi connectivity index (χ1n) is 9.31. The van der Waals surface area contributed by atoms with E-state index < -0.39 is 0 Å². The number of carbonyl (C=O) groups is 1. The van der Waals surface area contributed by atoms with E-state index in [4.69, 9.17) is 4.74 Å². The highest BCUT2D eigenvalue weighted by Gasteiger charge is 2.50. The van der Waals surface area contributed by atoms with E-state index in [0.717, 1.165) is 45.4 Å². The highest BCUT2D eigenvalue weighted by molar-refractivity contribution is 5.77. The van der Waals surface area contributed by atoms with Crippen molar-refractivity contribution in [1.82, 2.24) is 9.80 Å². The molecule has 1 N–H and O–H groups in total. The van der Waals surface area contributed by atoms with Crippen LogP contribution in [0.4, 0.5) is 0 Å². The summed E-state index contributed by atoms with van der Waals surface area (Å²) in [6.07, 6.45) is 3.27. The summed E-state index contributed by atoms with van der Waals surface area (Å²) < 4.78 is 4.99. The van der Waals surface area contributed by atoms with Crippen LogP contribution in [-0.4, -0.2) is 73.9 Å². The quantitative estimate of drug-likeness (QED) is 0.811. The number of aryl methyl sites for hydroxylation is 1. The van der Waals surface area contributed by atoms with E-state index >= 15 is 0 Å². The molecule has 1 aromatic carbocycles. The second-order valence-electron chi connectivity index (χ2n) is 7.58. The molecule has 2 heterocycles. The molecule has 5 nitrogen and oxygen atoms in total. The molecule has 2 saturated heterocycles. The van der Waals surface area contributed by atoms with Gasteiger partial charge >= 0.3 is 0 Å². The topological polar surface area (TPSA) is 53.0 Å². The lowest BCUT2D eigenvalue weighted by Crippen LogP contribution is -2.51. The van der Waals surface area contributed by atoms with Crippen LogP contribution < -0.4 is 0 Å². The first kappa shape index (κ1) is 18.4. The minimum Gasteiger partial charge on any atom is -0.396 e. The number of hydrogen-bond donors (Lipinski definition) is 1. The average molecular weight is 346 g/mol. The van der Waals surface area contributed by atoms with Crippen LogP contribution in [0.25, 0.3) is 0 Å². The molecular formula is C20H30N2O3. The number of methoxy groups -OCH3 is 1. The smallest absolute Gasteiger partial charge is 0.248 e. The van der Waals surface area contributed by atoms with Gasteiger partial charge in [0.25, 0.3) is 0 Å². The lowest BCUT2D eigenvalue weighted by atomic mass is 9.74. The average Bonchev–Trinajstić information content (AvgIpc) is 3.02. The molecule has 2 fully saturated rings. The van der Waals surface area contributed by atoms with Gasteiger partial charge in [-0.2, -0.15) is 0 Å². The van der Waals surface area contributed by atoms with Crippen molar-refractivity contribution < 1.29 is 14.6 Å². The van der Waals surface area contributed by atoms with Crippen LogP contribution >= 0.6 is 0 Å². The Bertz CT molecular complexity index is 565. The first-order chi connectivity index (χ1) is 12.2. The first-order valence-corrected chi connectivity index (χ1v) is 9.31. The zero-order valence-electron chi connectivity index (χ0n) is 15.2. The molecule has 0 radical (unpaired) electrons. The van der Waals surface area contributed by atoms with Crippen LogP contribution in [0.1, 0.15) is 18.4 Å². The summed E-state index contributed by atoms with van der Waals surface area (Å²) in [6, 6.07) is 10.6. The van der Waals surface area contributed by atoms with Gasteiger partial charge in [0.15, 0.2) is 0 Å². The third kappa shape index (κ3) is 4.22. The fraction of sp³-hybridized carbons (Fsp3) is 0.650. The molecule has 2 aliphatic heterocycles. The Labute approximate surface area is 150 Å². The molecule has 5 heteroatoms. The van der Waals surface area contributed by atoms with E-state index in [-0.39, 0.29) is 24.5 Å². The fourth-order valence-electron chi connectivity index (χ4n) is 4.45. The summed E-state index contributed by atoms with van der Waals surface area (Å²) in [4.78, 5) is 16.5. The lowest BCUT2D eigenvalue weighted by Gasteiger charge is -2.43. The number of carbonyl (C=O) groups excluding carboxylic acids is 1. The highest BCUT2D eigenvalue weighted by atomic mass is 16.5. The van der Waals surface area contributed by atoms with E-state index in [1.54, 1.807) is 7.11 Å². The van der Waals surface area contributed by atoms with E-state index in [9.17, 15) is 9.90 Å². The van der Waals surface area contributed by atoms with Crippen molar-refractivity contribution in [3.8, 4) is 0 Å². The Morgan fingerprint density at radius 3 is 2.84 bits per heavy atom. The van der Waals surface area contributed by atoms with Crippen molar-refractivity contribution in [2.24, 2.45) is 11.3 Å². The number of benzene rings is 1. The van der Waals surface area contributed by atoms with Gasteiger partial charge in [-0.15, -0.1) is 0 Å². The monoisotopic (exact) mass is 346 g/mol. The fourth-order valence-corrected chi connectivity index (χ4v) is 4.45. The summed E-state index contributed by atoms with van der Waals surface area (Å²) >= 11 is 0. The number of rotatable bonds is 7. The van der Waals surface area contributed by atoms with Gasteiger partial charge in [0.1, 0.15) is 6.61 Å². The second-order valence-corrected chi connectivity index (χ2v) is 7.58. The number of nitrogens with zero attached hydrogens (tertiary/aromatic N) is 2. The third-order valence-corrected chi connectivity index (χ3v) is 5.86. The molecule has 1 amide bonds. The van der Waals surface area contributed by atoms with Gasteiger partial charge in [0.2, 0.25) is 5.91 Å². The number of piperidine rings is 1. The normalized spacial score (nSPS) is 26.6. The van der Waals surface area contributed by atoms with Crippen molar-refractivity contribution in [3.05, 3.63) is 35.9 Å². The Morgan fingerprint density at radius 2 is 2.12 bits per heavy atom. The zero-order chi connectivity index (χ0) is 17.7. The number of ether oxygens (including phenoxy) is 1. The maximum Gasteiger partial charge on any atom is 0.248 e. The lowest BCUT2D eigenvalue weighted by molar-refractivity contribution is -0.134. The summed E-state index contributed by atoms with van der Waals surface area (Å²) in [5.74, 6) is 0.448. The standard InChI is InChI=1S/C20H30N2O3/c1-25-13-19(24)22-12-18-9-11-21(14-20(18,15-22)16-23)10-5-8-17-6-3-2-4-7-17/h2-4,6-7,18,23H,5,8-16H2,1H3/t18-,20+/m0/s1. The van der Waals surface area contributed by atoms with Crippen molar-refractivity contribution in [1.29, 1.82) is 0 Å². The number of aliphatic hydroxyl groups excluding tert-OH is 1. The Kier molecular flexibility index (Phi) is 6.10. The van der Waals surface area contributed by atoms with Gasteiger partial charge in [-0.25, -0.2) is 0 Å². The number of hydrogen-bond acceptors (Lipinski definition) is 4. The van der Waals surface area contributed by atoms with Gasteiger partial charge in [-0.05, 0) is 43.8 Å². The number of fused-ring (bicyclic) bond motifs is 1. The zero-order valence-corrected chi connectivity index (χ0v) is 15.2. The maximum atomic E-state index is 12.2. The molecule has 0 aromatic heterocycles. The van der Waals surface area contributed by atoms with Crippen LogP contribution in [0.3, 0.4) is 0 Å². The SMILES string of the molecule is COCC(=O)N1C[C@@H]2CCN(CCCc3ccccc3)C[C@]2(CO)C1. The second kappa shape index (κ2) is 8.30. The number of likely N-dealkylation sites (tertiary alicyclic amines) is 2. The maximum absolute atomic E-state index is 12.2. The van der Waals surface area contributed by atoms with E-state index in [1.165, 1.54) is 5.56 Å². The van der Waals surface area contributed by atoms with Crippen LogP contribution in [0, 0.1) is 11.3 Å². The molecule has 2 atom stereocenters.